The first-order valence-corrected chi connectivity index (χ1v) is 10.9. The minimum atomic E-state index is -0.427. The molecular weight excluding hydrogens is 448 g/mol. The van der Waals surface area contributed by atoms with E-state index in [2.05, 4.69) is 10.3 Å². The Morgan fingerprint density at radius 1 is 1.06 bits per heavy atom. The fourth-order valence-electron chi connectivity index (χ4n) is 3.11. The Bertz CT molecular complexity index is 1260. The van der Waals surface area contributed by atoms with Crippen LogP contribution in [-0.4, -0.2) is 26.1 Å². The van der Waals surface area contributed by atoms with Crippen LogP contribution < -0.4 is 5.32 Å². The summed E-state index contributed by atoms with van der Waals surface area (Å²) >= 11 is 7.16. The number of benzene rings is 3. The second-order valence-corrected chi connectivity index (χ2v) is 8.13. The lowest BCUT2D eigenvalue weighted by molar-refractivity contribution is -0.384. The van der Waals surface area contributed by atoms with E-state index in [0.717, 1.165) is 5.69 Å². The molecule has 0 bridgehead atoms. The summed E-state index contributed by atoms with van der Waals surface area (Å²) in [7, 11) is 0. The number of rotatable bonds is 7. The number of anilines is 1. The standard InChI is InChI=1S/C23H17ClN4O3S/c24-17-9-11-18(12-10-17)26-22(29)15-32-23-25-14-21(27(23)19-6-2-1-3-7-19)16-5-4-8-20(13-16)28(30)31/h1-14H,15H2,(H,26,29). The highest BCUT2D eigenvalue weighted by Crippen LogP contribution is 2.31. The SMILES string of the molecule is O=C(CSc1ncc(-c2cccc([N+](=O)[O-])c2)n1-c1ccccc1)Nc1ccc(Cl)cc1. The number of amides is 1. The number of hydrogen-bond acceptors (Lipinski definition) is 5. The average Bonchev–Trinajstić information content (AvgIpc) is 3.24. The molecular formula is C23H17ClN4O3S. The van der Waals surface area contributed by atoms with Crippen molar-refractivity contribution in [3.05, 3.63) is 100 Å². The molecule has 1 amide bonds. The van der Waals surface area contributed by atoms with Gasteiger partial charge in [-0.3, -0.25) is 19.5 Å². The summed E-state index contributed by atoms with van der Waals surface area (Å²) in [6.45, 7) is 0. The number of halogens is 1. The van der Waals surface area contributed by atoms with Gasteiger partial charge in [-0.05, 0) is 36.4 Å². The van der Waals surface area contributed by atoms with Crippen LogP contribution in [0.4, 0.5) is 11.4 Å². The topological polar surface area (TPSA) is 90.1 Å². The third kappa shape index (κ3) is 4.99. The molecule has 0 aliphatic carbocycles. The van der Waals surface area contributed by atoms with Crippen molar-refractivity contribution in [3.63, 3.8) is 0 Å². The van der Waals surface area contributed by atoms with Gasteiger partial charge in [-0.25, -0.2) is 4.98 Å². The molecule has 4 aromatic rings. The van der Waals surface area contributed by atoms with Crippen molar-refractivity contribution in [3.8, 4) is 16.9 Å². The first-order chi connectivity index (χ1) is 15.5. The number of non-ortho nitro benzene ring substituents is 1. The van der Waals surface area contributed by atoms with Crippen LogP contribution in [0, 0.1) is 10.1 Å². The molecule has 3 aromatic carbocycles. The number of nitrogens with one attached hydrogen (secondary N) is 1. The first kappa shape index (κ1) is 21.6. The van der Waals surface area contributed by atoms with E-state index in [1.807, 2.05) is 34.9 Å². The number of nitro groups is 1. The second kappa shape index (κ2) is 9.67. The van der Waals surface area contributed by atoms with E-state index in [9.17, 15) is 14.9 Å². The van der Waals surface area contributed by atoms with Crippen LogP contribution in [-0.2, 0) is 4.79 Å². The fourth-order valence-corrected chi connectivity index (χ4v) is 4.02. The first-order valence-electron chi connectivity index (χ1n) is 9.57. The number of imidazole rings is 1. The van der Waals surface area contributed by atoms with Gasteiger partial charge in [0.15, 0.2) is 5.16 Å². The van der Waals surface area contributed by atoms with Gasteiger partial charge in [-0.2, -0.15) is 0 Å². The highest BCUT2D eigenvalue weighted by atomic mass is 35.5. The minimum Gasteiger partial charge on any atom is -0.325 e. The predicted molar refractivity (Wildman–Crippen MR) is 126 cm³/mol. The molecule has 0 spiro atoms. The highest BCUT2D eigenvalue weighted by molar-refractivity contribution is 7.99. The Balaban J connectivity index is 1.61. The molecule has 0 aliphatic heterocycles. The van der Waals surface area contributed by atoms with Gasteiger partial charge < -0.3 is 5.32 Å². The van der Waals surface area contributed by atoms with E-state index in [0.29, 0.717) is 27.1 Å². The zero-order chi connectivity index (χ0) is 22.5. The van der Waals surface area contributed by atoms with E-state index >= 15 is 0 Å². The van der Waals surface area contributed by atoms with Gasteiger partial charge in [0.2, 0.25) is 5.91 Å². The lowest BCUT2D eigenvalue weighted by Crippen LogP contribution is -2.14. The van der Waals surface area contributed by atoms with Crippen LogP contribution in [0.15, 0.2) is 90.2 Å². The summed E-state index contributed by atoms with van der Waals surface area (Å²) in [6, 6.07) is 22.8. The summed E-state index contributed by atoms with van der Waals surface area (Å²) in [6.07, 6.45) is 1.66. The molecule has 0 aliphatic rings. The maximum Gasteiger partial charge on any atom is 0.270 e. The quantitative estimate of drug-likeness (QED) is 0.211. The Morgan fingerprint density at radius 2 is 1.81 bits per heavy atom. The van der Waals surface area contributed by atoms with E-state index in [4.69, 9.17) is 11.6 Å². The molecule has 0 fully saturated rings. The van der Waals surface area contributed by atoms with Crippen molar-refractivity contribution >= 4 is 40.6 Å². The van der Waals surface area contributed by atoms with Crippen molar-refractivity contribution in [1.82, 2.24) is 9.55 Å². The van der Waals surface area contributed by atoms with Crippen molar-refractivity contribution < 1.29 is 9.72 Å². The zero-order valence-corrected chi connectivity index (χ0v) is 18.2. The Kier molecular flexibility index (Phi) is 6.53. The van der Waals surface area contributed by atoms with Crippen molar-refractivity contribution in [2.75, 3.05) is 11.1 Å². The lowest BCUT2D eigenvalue weighted by atomic mass is 10.1. The van der Waals surface area contributed by atoms with Gasteiger partial charge >= 0.3 is 0 Å². The number of hydrogen-bond donors (Lipinski definition) is 1. The summed E-state index contributed by atoms with van der Waals surface area (Å²) in [4.78, 5) is 27.7. The highest BCUT2D eigenvalue weighted by Gasteiger charge is 2.17. The lowest BCUT2D eigenvalue weighted by Gasteiger charge is -2.12. The number of nitro benzene ring substituents is 1. The number of aromatic nitrogens is 2. The van der Waals surface area contributed by atoms with E-state index < -0.39 is 4.92 Å². The maximum atomic E-state index is 12.4. The molecule has 0 unspecified atom stereocenters. The van der Waals surface area contributed by atoms with Crippen LogP contribution in [0.2, 0.25) is 5.02 Å². The molecule has 0 saturated carbocycles. The molecule has 0 radical (unpaired) electrons. The number of para-hydroxylation sites is 1. The third-order valence-corrected chi connectivity index (χ3v) is 5.76. The van der Waals surface area contributed by atoms with Crippen molar-refractivity contribution in [2.45, 2.75) is 5.16 Å². The molecule has 1 N–H and O–H groups in total. The smallest absolute Gasteiger partial charge is 0.270 e. The third-order valence-electron chi connectivity index (χ3n) is 4.56. The van der Waals surface area contributed by atoms with Crippen LogP contribution in [0.5, 0.6) is 0 Å². The summed E-state index contributed by atoms with van der Waals surface area (Å²) in [5, 5.41) is 15.2. The Hall–Kier alpha value is -3.62. The number of nitrogens with zero attached hydrogens (tertiary/aromatic N) is 3. The monoisotopic (exact) mass is 464 g/mol. The van der Waals surface area contributed by atoms with Crippen LogP contribution in [0.1, 0.15) is 0 Å². The van der Waals surface area contributed by atoms with Gasteiger partial charge in [-0.15, -0.1) is 0 Å². The van der Waals surface area contributed by atoms with Gasteiger partial charge in [0.05, 0.1) is 22.6 Å². The van der Waals surface area contributed by atoms with E-state index in [1.165, 1.54) is 23.9 Å². The number of carbonyl (C=O) groups is 1. The van der Waals surface area contributed by atoms with Crippen molar-refractivity contribution in [2.24, 2.45) is 0 Å². The molecule has 0 saturated heterocycles. The molecule has 4 rings (SSSR count). The van der Waals surface area contributed by atoms with Gasteiger partial charge in [0, 0.05) is 34.1 Å². The van der Waals surface area contributed by atoms with Crippen LogP contribution in [0.3, 0.4) is 0 Å². The molecule has 160 valence electrons. The van der Waals surface area contributed by atoms with Gasteiger partial charge in [0.25, 0.3) is 5.69 Å². The largest absolute Gasteiger partial charge is 0.325 e. The summed E-state index contributed by atoms with van der Waals surface area (Å²) in [5.41, 5.74) is 2.85. The van der Waals surface area contributed by atoms with Gasteiger partial charge in [0.1, 0.15) is 0 Å². The fraction of sp³-hybridized carbons (Fsp3) is 0.0435. The molecule has 9 heteroatoms. The van der Waals surface area contributed by atoms with Crippen molar-refractivity contribution in [1.29, 1.82) is 0 Å². The summed E-state index contributed by atoms with van der Waals surface area (Å²) in [5.74, 6) is -0.0438. The molecule has 1 aromatic heterocycles. The number of carbonyl (C=O) groups excluding carboxylic acids is 1. The predicted octanol–water partition coefficient (Wildman–Crippen LogP) is 5.83. The van der Waals surface area contributed by atoms with E-state index in [1.54, 1.807) is 42.6 Å². The maximum absolute atomic E-state index is 12.4. The Labute approximate surface area is 193 Å². The second-order valence-electron chi connectivity index (χ2n) is 6.75. The molecule has 1 heterocycles. The van der Waals surface area contributed by atoms with E-state index in [-0.39, 0.29) is 17.3 Å². The average molecular weight is 465 g/mol. The van der Waals surface area contributed by atoms with Crippen LogP contribution in [0.25, 0.3) is 16.9 Å². The normalized spacial score (nSPS) is 10.7. The van der Waals surface area contributed by atoms with Gasteiger partial charge in [-0.1, -0.05) is 53.7 Å². The number of thioether (sulfide) groups is 1. The molecule has 32 heavy (non-hydrogen) atoms. The Morgan fingerprint density at radius 3 is 2.53 bits per heavy atom. The summed E-state index contributed by atoms with van der Waals surface area (Å²) < 4.78 is 1.89. The zero-order valence-electron chi connectivity index (χ0n) is 16.6. The minimum absolute atomic E-state index is 0.000132. The molecule has 0 atom stereocenters. The van der Waals surface area contributed by atoms with Crippen LogP contribution >= 0.6 is 23.4 Å². The molecule has 7 nitrogen and oxygen atoms in total.